The quantitative estimate of drug-likeness (QED) is 0.263. The van der Waals surface area contributed by atoms with Crippen LogP contribution in [0.5, 0.6) is 5.75 Å². The largest absolute Gasteiger partial charge is 0.491 e. The number of ketones is 3. The van der Waals surface area contributed by atoms with E-state index in [1.807, 2.05) is 90.1 Å². The number of ether oxygens (including phenoxy) is 1. The molecule has 0 unspecified atom stereocenters. The number of carbonyl (C=O) groups is 3. The lowest BCUT2D eigenvalue weighted by Gasteiger charge is -2.30. The number of aliphatic hydroxyl groups excluding tert-OH is 1. The molecule has 1 aliphatic carbocycles. The van der Waals surface area contributed by atoms with E-state index in [0.717, 1.165) is 24.8 Å². The Hall–Kier alpha value is -3.61. The van der Waals surface area contributed by atoms with Gasteiger partial charge in [0, 0.05) is 27.5 Å². The Morgan fingerprint density at radius 3 is 1.48 bits per heavy atom. The minimum absolute atomic E-state index is 0. The molecule has 2 N–H and O–H groups in total. The summed E-state index contributed by atoms with van der Waals surface area (Å²) >= 11 is 0. The lowest BCUT2D eigenvalue weighted by Crippen LogP contribution is -2.40. The summed E-state index contributed by atoms with van der Waals surface area (Å²) < 4.78 is 5.21. The summed E-state index contributed by atoms with van der Waals surface area (Å²) in [4.78, 5) is 35.6. The number of rotatable bonds is 7. The summed E-state index contributed by atoms with van der Waals surface area (Å²) in [6.45, 7) is 11.7. The number of hydrogen-bond donors (Lipinski definition) is 2. The van der Waals surface area contributed by atoms with Gasteiger partial charge in [-0.15, -0.1) is 0 Å². The summed E-state index contributed by atoms with van der Waals surface area (Å²) in [5.74, 6) is 0.867. The molecule has 0 aromatic heterocycles. The number of Topliss-reactive ketones (excluding diaryl/α,β-unsaturated/α-hetero) is 3. The minimum atomic E-state index is -1.10. The average Bonchev–Trinajstić information content (AvgIpc) is 3.00. The SMILES string of the molecule is C.CC(C)(C)C(=O)c1ccc(OCCO)cc1.CC(C)(C)C(=O)c1ccccc1.O=C(c1ccccc1)C1(O)CCCCC1. The maximum atomic E-state index is 12.1. The molecule has 6 nitrogen and oxygen atoms in total. The highest BCUT2D eigenvalue weighted by molar-refractivity contribution is 6.02. The Kier molecular flexibility index (Phi) is 15.4. The number of benzene rings is 3. The Bertz CT molecular complexity index is 1280. The van der Waals surface area contributed by atoms with E-state index < -0.39 is 5.60 Å². The first-order chi connectivity index (χ1) is 20.2. The van der Waals surface area contributed by atoms with Gasteiger partial charge >= 0.3 is 0 Å². The van der Waals surface area contributed by atoms with Gasteiger partial charge in [-0.25, -0.2) is 0 Å². The summed E-state index contributed by atoms with van der Waals surface area (Å²) in [5.41, 5.74) is 0.366. The molecule has 1 saturated carbocycles. The zero-order valence-corrected chi connectivity index (χ0v) is 26.6. The molecule has 1 fully saturated rings. The van der Waals surface area contributed by atoms with Crippen molar-refractivity contribution in [3.05, 3.63) is 102 Å². The van der Waals surface area contributed by atoms with Crippen molar-refractivity contribution in [2.24, 2.45) is 10.8 Å². The molecular weight excluding hydrogens is 552 g/mol. The van der Waals surface area contributed by atoms with Gasteiger partial charge in [0.05, 0.1) is 6.61 Å². The third-order valence-electron chi connectivity index (χ3n) is 7.01. The second-order valence-electron chi connectivity index (χ2n) is 12.9. The van der Waals surface area contributed by atoms with Crippen LogP contribution < -0.4 is 4.74 Å². The van der Waals surface area contributed by atoms with Gasteiger partial charge in [0.1, 0.15) is 18.0 Å². The van der Waals surface area contributed by atoms with Crippen molar-refractivity contribution >= 4 is 17.3 Å². The van der Waals surface area contributed by atoms with Crippen molar-refractivity contribution in [1.82, 2.24) is 0 Å². The van der Waals surface area contributed by atoms with E-state index in [0.29, 0.717) is 29.7 Å². The van der Waals surface area contributed by atoms with Crippen molar-refractivity contribution in [3.63, 3.8) is 0 Å². The van der Waals surface area contributed by atoms with Crippen LogP contribution in [0.4, 0.5) is 0 Å². The van der Waals surface area contributed by atoms with Crippen molar-refractivity contribution in [3.8, 4) is 5.75 Å². The van der Waals surface area contributed by atoms with Crippen LogP contribution in [0, 0.1) is 10.8 Å². The van der Waals surface area contributed by atoms with Crippen LogP contribution in [0.15, 0.2) is 84.9 Å². The normalized spacial score (nSPS) is 13.9. The van der Waals surface area contributed by atoms with Gasteiger partial charge in [0.25, 0.3) is 0 Å². The molecule has 240 valence electrons. The fourth-order valence-corrected chi connectivity index (χ4v) is 4.54. The topological polar surface area (TPSA) is 101 Å². The second-order valence-corrected chi connectivity index (χ2v) is 12.9. The average molecular weight is 605 g/mol. The zero-order chi connectivity index (χ0) is 32.1. The van der Waals surface area contributed by atoms with E-state index in [1.165, 1.54) is 0 Å². The molecule has 0 aliphatic heterocycles. The minimum Gasteiger partial charge on any atom is -0.491 e. The van der Waals surface area contributed by atoms with Crippen LogP contribution in [0.3, 0.4) is 0 Å². The van der Waals surface area contributed by atoms with Crippen LogP contribution in [-0.2, 0) is 0 Å². The van der Waals surface area contributed by atoms with Crippen molar-refractivity contribution in [2.45, 2.75) is 86.7 Å². The van der Waals surface area contributed by atoms with E-state index in [1.54, 1.807) is 36.4 Å². The van der Waals surface area contributed by atoms with E-state index in [2.05, 4.69) is 0 Å². The number of aliphatic hydroxyl groups is 2. The van der Waals surface area contributed by atoms with Gasteiger partial charge in [-0.2, -0.15) is 0 Å². The van der Waals surface area contributed by atoms with Gasteiger partial charge in [-0.3, -0.25) is 14.4 Å². The molecule has 4 rings (SSSR count). The first-order valence-electron chi connectivity index (χ1n) is 15.0. The second kappa shape index (κ2) is 17.6. The molecule has 0 spiro atoms. The van der Waals surface area contributed by atoms with Gasteiger partial charge in [-0.1, -0.05) is 129 Å². The summed E-state index contributed by atoms with van der Waals surface area (Å²) in [6, 6.07) is 25.5. The smallest absolute Gasteiger partial charge is 0.194 e. The Balaban J connectivity index is 0.000000330. The molecule has 0 amide bonds. The van der Waals surface area contributed by atoms with Gasteiger partial charge < -0.3 is 14.9 Å². The van der Waals surface area contributed by atoms with Crippen molar-refractivity contribution < 1.29 is 29.3 Å². The van der Waals surface area contributed by atoms with Crippen LogP contribution >= 0.6 is 0 Å². The van der Waals surface area contributed by atoms with Crippen LogP contribution in [0.25, 0.3) is 0 Å². The first-order valence-corrected chi connectivity index (χ1v) is 15.0. The molecule has 3 aromatic rings. The molecule has 3 aromatic carbocycles. The van der Waals surface area contributed by atoms with Gasteiger partial charge in [0.2, 0.25) is 0 Å². The lowest BCUT2D eigenvalue weighted by atomic mass is 9.79. The molecular formula is C38H52O6. The molecule has 0 bridgehead atoms. The predicted molar refractivity (Wildman–Crippen MR) is 179 cm³/mol. The lowest BCUT2D eigenvalue weighted by molar-refractivity contribution is 0.0116. The maximum Gasteiger partial charge on any atom is 0.194 e. The van der Waals surface area contributed by atoms with Crippen LogP contribution in [0.1, 0.15) is 112 Å². The maximum absolute atomic E-state index is 12.1. The summed E-state index contributed by atoms with van der Waals surface area (Å²) in [5, 5.41) is 18.8. The van der Waals surface area contributed by atoms with E-state index in [9.17, 15) is 19.5 Å². The molecule has 0 atom stereocenters. The highest BCUT2D eigenvalue weighted by atomic mass is 16.5. The summed E-state index contributed by atoms with van der Waals surface area (Å²) in [6.07, 6.45) is 4.26. The molecule has 0 saturated heterocycles. The fourth-order valence-electron chi connectivity index (χ4n) is 4.54. The monoisotopic (exact) mass is 604 g/mol. The Morgan fingerprint density at radius 1 is 0.659 bits per heavy atom. The molecule has 0 heterocycles. The van der Waals surface area contributed by atoms with Crippen LogP contribution in [-0.4, -0.2) is 46.4 Å². The van der Waals surface area contributed by atoms with Crippen molar-refractivity contribution in [2.75, 3.05) is 13.2 Å². The third kappa shape index (κ3) is 12.2. The molecule has 0 radical (unpaired) electrons. The van der Waals surface area contributed by atoms with Gasteiger partial charge in [-0.05, 0) is 37.1 Å². The Morgan fingerprint density at radius 2 is 1.07 bits per heavy atom. The predicted octanol–water partition coefficient (Wildman–Crippen LogP) is 8.40. The standard InChI is InChI=1S/C13H18O3.C13H16O2.C11H14O.CH4/c1-13(2,3)12(15)10-4-6-11(7-5-10)16-9-8-14;14-12(11-7-3-1-4-8-11)13(15)9-5-2-6-10-13;1-11(2,3)10(12)9-7-5-4-6-8-9;/h4-7,14H,8-9H2,1-3H3;1,3-4,7-8,15H,2,5-6,9-10H2;4-8H,1-3H3;1H4. The van der Waals surface area contributed by atoms with E-state index >= 15 is 0 Å². The van der Waals surface area contributed by atoms with E-state index in [4.69, 9.17) is 9.84 Å². The summed E-state index contributed by atoms with van der Waals surface area (Å²) in [7, 11) is 0. The Labute approximate surface area is 264 Å². The molecule has 44 heavy (non-hydrogen) atoms. The highest BCUT2D eigenvalue weighted by Gasteiger charge is 2.37. The zero-order valence-electron chi connectivity index (χ0n) is 26.6. The highest BCUT2D eigenvalue weighted by Crippen LogP contribution is 2.31. The number of carbonyl (C=O) groups excluding carboxylic acids is 3. The van der Waals surface area contributed by atoms with Crippen LogP contribution in [0.2, 0.25) is 0 Å². The first kappa shape index (κ1) is 38.4. The molecule has 1 aliphatic rings. The fraction of sp³-hybridized carbons (Fsp3) is 0.447. The van der Waals surface area contributed by atoms with Crippen molar-refractivity contribution in [1.29, 1.82) is 0 Å². The van der Waals surface area contributed by atoms with Gasteiger partial charge in [0.15, 0.2) is 17.3 Å². The number of hydrogen-bond acceptors (Lipinski definition) is 6. The van der Waals surface area contributed by atoms with E-state index in [-0.39, 0.29) is 48.8 Å². The molecule has 6 heteroatoms. The third-order valence-corrected chi connectivity index (χ3v) is 7.01.